The van der Waals surface area contributed by atoms with E-state index >= 15 is 0 Å². The molecule has 0 atom stereocenters. The zero-order valence-corrected chi connectivity index (χ0v) is 14.1. The van der Waals surface area contributed by atoms with E-state index in [1.165, 1.54) is 23.7 Å². The SMILES string of the molecule is C[N+](C)(C)CCCCOc1ccc2cc(Br)ccc2c1. The Balaban J connectivity index is 1.86. The number of unbranched alkanes of at least 4 members (excludes halogenated alkanes) is 1. The Morgan fingerprint density at radius 3 is 2.40 bits per heavy atom. The number of fused-ring (bicyclic) bond motifs is 1. The summed E-state index contributed by atoms with van der Waals surface area (Å²) >= 11 is 3.49. The molecule has 0 saturated heterocycles. The Bertz CT molecular complexity index is 575. The van der Waals surface area contributed by atoms with Crippen molar-refractivity contribution in [2.24, 2.45) is 0 Å². The smallest absolute Gasteiger partial charge is 0.119 e. The third kappa shape index (κ3) is 4.80. The molecule has 0 radical (unpaired) electrons. The molecule has 0 bridgehead atoms. The molecule has 0 amide bonds. The molecule has 0 N–H and O–H groups in total. The standard InChI is InChI=1S/C17H23BrNO/c1-19(2,3)10-4-5-11-20-17-9-7-14-12-16(18)8-6-15(14)13-17/h6-9,12-13H,4-5,10-11H2,1-3H3/q+1. The predicted octanol–water partition coefficient (Wildman–Crippen LogP) is 4.47. The maximum absolute atomic E-state index is 5.84. The van der Waals surface area contributed by atoms with Crippen molar-refractivity contribution in [3.63, 3.8) is 0 Å². The summed E-state index contributed by atoms with van der Waals surface area (Å²) in [5.41, 5.74) is 0. The molecule has 2 nitrogen and oxygen atoms in total. The fourth-order valence-electron chi connectivity index (χ4n) is 2.16. The normalized spacial score (nSPS) is 11.8. The van der Waals surface area contributed by atoms with Gasteiger partial charge in [0, 0.05) is 4.47 Å². The van der Waals surface area contributed by atoms with Crippen molar-refractivity contribution in [2.45, 2.75) is 12.8 Å². The van der Waals surface area contributed by atoms with Crippen LogP contribution < -0.4 is 4.74 Å². The lowest BCUT2D eigenvalue weighted by molar-refractivity contribution is -0.870. The van der Waals surface area contributed by atoms with Crippen LogP contribution in [0.3, 0.4) is 0 Å². The lowest BCUT2D eigenvalue weighted by Gasteiger charge is -2.23. The number of hydrogen-bond acceptors (Lipinski definition) is 1. The molecule has 3 heteroatoms. The van der Waals surface area contributed by atoms with Gasteiger partial charge in [-0.15, -0.1) is 0 Å². The van der Waals surface area contributed by atoms with Crippen LogP contribution in [0.15, 0.2) is 40.9 Å². The molecule has 0 heterocycles. The number of ether oxygens (including phenoxy) is 1. The highest BCUT2D eigenvalue weighted by Crippen LogP contribution is 2.24. The van der Waals surface area contributed by atoms with Gasteiger partial charge in [-0.05, 0) is 47.9 Å². The van der Waals surface area contributed by atoms with E-state index in [0.29, 0.717) is 0 Å². The summed E-state index contributed by atoms with van der Waals surface area (Å²) in [5, 5.41) is 2.45. The fraction of sp³-hybridized carbons (Fsp3) is 0.412. The van der Waals surface area contributed by atoms with Crippen LogP contribution in [0.4, 0.5) is 0 Å². The third-order valence-corrected chi connectivity index (χ3v) is 3.76. The highest BCUT2D eigenvalue weighted by atomic mass is 79.9. The Morgan fingerprint density at radius 1 is 0.950 bits per heavy atom. The number of nitrogens with zero attached hydrogens (tertiary/aromatic N) is 1. The highest BCUT2D eigenvalue weighted by molar-refractivity contribution is 9.10. The topological polar surface area (TPSA) is 9.23 Å². The van der Waals surface area contributed by atoms with Crippen LogP contribution in [0.2, 0.25) is 0 Å². The quantitative estimate of drug-likeness (QED) is 0.558. The summed E-state index contributed by atoms with van der Waals surface area (Å²) < 4.78 is 7.97. The molecule has 0 aliphatic carbocycles. The molecule has 0 unspecified atom stereocenters. The van der Waals surface area contributed by atoms with Crippen molar-refractivity contribution < 1.29 is 9.22 Å². The first kappa shape index (κ1) is 15.3. The summed E-state index contributed by atoms with van der Waals surface area (Å²) in [4.78, 5) is 0. The Morgan fingerprint density at radius 2 is 1.65 bits per heavy atom. The molecule has 2 rings (SSSR count). The van der Waals surface area contributed by atoms with Crippen molar-refractivity contribution in [1.29, 1.82) is 0 Å². The van der Waals surface area contributed by atoms with Gasteiger partial charge >= 0.3 is 0 Å². The van der Waals surface area contributed by atoms with Crippen LogP contribution in [0, 0.1) is 0 Å². The average Bonchev–Trinajstić information content (AvgIpc) is 2.37. The minimum Gasteiger partial charge on any atom is -0.494 e. The van der Waals surface area contributed by atoms with E-state index in [1.807, 2.05) is 0 Å². The van der Waals surface area contributed by atoms with Gasteiger partial charge < -0.3 is 9.22 Å². The van der Waals surface area contributed by atoms with Gasteiger partial charge in [0.1, 0.15) is 5.75 Å². The Kier molecular flexibility index (Phi) is 5.06. The molecular weight excluding hydrogens is 314 g/mol. The van der Waals surface area contributed by atoms with Crippen LogP contribution in [0.25, 0.3) is 10.8 Å². The first-order valence-corrected chi connectivity index (χ1v) is 7.86. The van der Waals surface area contributed by atoms with Crippen LogP contribution in [-0.4, -0.2) is 38.8 Å². The summed E-state index contributed by atoms with van der Waals surface area (Å²) in [6.07, 6.45) is 2.30. The predicted molar refractivity (Wildman–Crippen MR) is 89.3 cm³/mol. The Labute approximate surface area is 130 Å². The van der Waals surface area contributed by atoms with E-state index in [1.54, 1.807) is 0 Å². The maximum Gasteiger partial charge on any atom is 0.119 e. The zero-order chi connectivity index (χ0) is 14.6. The molecule has 0 saturated carbocycles. The lowest BCUT2D eigenvalue weighted by atomic mass is 10.1. The summed E-state index contributed by atoms with van der Waals surface area (Å²) in [5.74, 6) is 0.963. The molecule has 0 fully saturated rings. The lowest BCUT2D eigenvalue weighted by Crippen LogP contribution is -2.35. The van der Waals surface area contributed by atoms with Gasteiger partial charge in [-0.1, -0.05) is 28.1 Å². The monoisotopic (exact) mass is 336 g/mol. The molecule has 0 aliphatic heterocycles. The molecule has 2 aromatic carbocycles. The average molecular weight is 337 g/mol. The molecule has 0 spiro atoms. The number of quaternary nitrogens is 1. The molecule has 0 aromatic heterocycles. The van der Waals surface area contributed by atoms with Crippen molar-refractivity contribution in [3.8, 4) is 5.75 Å². The summed E-state index contributed by atoms with van der Waals surface area (Å²) in [6, 6.07) is 12.6. The molecule has 0 aliphatic rings. The van der Waals surface area contributed by atoms with E-state index in [2.05, 4.69) is 73.5 Å². The van der Waals surface area contributed by atoms with Gasteiger partial charge in [0.15, 0.2) is 0 Å². The number of benzene rings is 2. The second kappa shape index (κ2) is 6.59. The van der Waals surface area contributed by atoms with Crippen molar-refractivity contribution in [3.05, 3.63) is 40.9 Å². The van der Waals surface area contributed by atoms with Crippen molar-refractivity contribution >= 4 is 26.7 Å². The largest absolute Gasteiger partial charge is 0.494 e. The van der Waals surface area contributed by atoms with Gasteiger partial charge in [-0.25, -0.2) is 0 Å². The summed E-state index contributed by atoms with van der Waals surface area (Å²) in [6.45, 7) is 1.98. The van der Waals surface area contributed by atoms with Gasteiger partial charge in [0.25, 0.3) is 0 Å². The second-order valence-electron chi connectivity index (χ2n) is 6.22. The van der Waals surface area contributed by atoms with E-state index < -0.39 is 0 Å². The van der Waals surface area contributed by atoms with E-state index in [9.17, 15) is 0 Å². The van der Waals surface area contributed by atoms with Crippen LogP contribution in [0.5, 0.6) is 5.75 Å². The van der Waals surface area contributed by atoms with Crippen LogP contribution in [0.1, 0.15) is 12.8 Å². The van der Waals surface area contributed by atoms with Gasteiger partial charge in [-0.2, -0.15) is 0 Å². The number of halogens is 1. The number of rotatable bonds is 6. The van der Waals surface area contributed by atoms with Crippen LogP contribution in [-0.2, 0) is 0 Å². The van der Waals surface area contributed by atoms with Gasteiger partial charge in [0.2, 0.25) is 0 Å². The maximum atomic E-state index is 5.84. The third-order valence-electron chi connectivity index (χ3n) is 3.27. The van der Waals surface area contributed by atoms with E-state index in [-0.39, 0.29) is 0 Å². The number of hydrogen-bond donors (Lipinski definition) is 0. The minimum atomic E-state index is 0.794. The zero-order valence-electron chi connectivity index (χ0n) is 12.5. The molecule has 2 aromatic rings. The molecule has 108 valence electrons. The summed E-state index contributed by atoms with van der Waals surface area (Å²) in [7, 11) is 6.67. The minimum absolute atomic E-state index is 0.794. The van der Waals surface area contributed by atoms with Gasteiger partial charge in [0.05, 0.1) is 34.3 Å². The molecular formula is C17H23BrNO+. The van der Waals surface area contributed by atoms with Crippen LogP contribution >= 0.6 is 15.9 Å². The van der Waals surface area contributed by atoms with Gasteiger partial charge in [-0.3, -0.25) is 0 Å². The second-order valence-corrected chi connectivity index (χ2v) is 7.14. The highest BCUT2D eigenvalue weighted by Gasteiger charge is 2.05. The first-order chi connectivity index (χ1) is 9.44. The van der Waals surface area contributed by atoms with Crippen molar-refractivity contribution in [2.75, 3.05) is 34.3 Å². The van der Waals surface area contributed by atoms with E-state index in [0.717, 1.165) is 27.7 Å². The van der Waals surface area contributed by atoms with E-state index in [4.69, 9.17) is 4.74 Å². The Hall–Kier alpha value is -1.06. The molecule has 20 heavy (non-hydrogen) atoms. The first-order valence-electron chi connectivity index (χ1n) is 7.07. The van der Waals surface area contributed by atoms with Crippen molar-refractivity contribution in [1.82, 2.24) is 0 Å². The fourth-order valence-corrected chi connectivity index (χ4v) is 2.54.